The van der Waals surface area contributed by atoms with Crippen molar-refractivity contribution in [3.63, 3.8) is 0 Å². The Kier molecular flexibility index (Phi) is 5.15. The van der Waals surface area contributed by atoms with Crippen LogP contribution in [0.15, 0.2) is 53.4 Å². The van der Waals surface area contributed by atoms with Crippen LogP contribution in [0.1, 0.15) is 74.9 Å². The smallest absolute Gasteiger partial charge is 0.0372 e. The first-order chi connectivity index (χ1) is 11.9. The largest absolute Gasteiger partial charge is 0.144 e. The molecule has 0 spiro atoms. The molecule has 0 bridgehead atoms. The summed E-state index contributed by atoms with van der Waals surface area (Å²) in [4.78, 5) is 1.32. The minimum Gasteiger partial charge on any atom is -0.144 e. The third kappa shape index (κ3) is 3.43. The Balaban J connectivity index is 2.15. The number of benzene rings is 1. The molecule has 0 saturated heterocycles. The van der Waals surface area contributed by atoms with Gasteiger partial charge in [0.1, 0.15) is 0 Å². The summed E-state index contributed by atoms with van der Waals surface area (Å²) >= 11 is 1.80. The van der Waals surface area contributed by atoms with Gasteiger partial charge in [0.25, 0.3) is 0 Å². The van der Waals surface area contributed by atoms with E-state index in [1.165, 1.54) is 43.9 Å². The molecule has 3 rings (SSSR count). The molecule has 0 aliphatic heterocycles. The van der Waals surface area contributed by atoms with Crippen molar-refractivity contribution in [3.8, 4) is 0 Å². The van der Waals surface area contributed by atoms with E-state index in [0.717, 1.165) is 18.4 Å². The monoisotopic (exact) mass is 348 g/mol. The number of rotatable bonds is 4. The average Bonchev–Trinajstić information content (AvgIpc) is 3.06. The van der Waals surface area contributed by atoms with Gasteiger partial charge in [0.05, 0.1) is 0 Å². The Morgan fingerprint density at radius 3 is 2.12 bits per heavy atom. The number of hydrogen-bond donors (Lipinski definition) is 0. The van der Waals surface area contributed by atoms with Crippen LogP contribution in [-0.2, 0) is 0 Å². The highest BCUT2D eigenvalue weighted by Gasteiger charge is 2.23. The molecule has 1 aliphatic rings. The second kappa shape index (κ2) is 7.17. The molecule has 0 atom stereocenters. The van der Waals surface area contributed by atoms with Crippen LogP contribution in [0.4, 0.5) is 0 Å². The van der Waals surface area contributed by atoms with Gasteiger partial charge in [0.15, 0.2) is 0 Å². The standard InChI is InChI=1S/C24H28S/c1-15(2)19-9-11-20(12-10-19)22-17(5)7-8-18(6)23(22)21-13-14-25-24(21)16(3)4/h9-15H,3,7-8H2,1-2,4-6H3. The van der Waals surface area contributed by atoms with Crippen LogP contribution in [-0.4, -0.2) is 0 Å². The molecule has 0 N–H and O–H groups in total. The summed E-state index contributed by atoms with van der Waals surface area (Å²) < 4.78 is 0. The summed E-state index contributed by atoms with van der Waals surface area (Å²) in [6.45, 7) is 15.4. The summed E-state index contributed by atoms with van der Waals surface area (Å²) in [7, 11) is 0. The lowest BCUT2D eigenvalue weighted by Crippen LogP contribution is -2.04. The van der Waals surface area contributed by atoms with Crippen LogP contribution in [0.2, 0.25) is 0 Å². The average molecular weight is 349 g/mol. The van der Waals surface area contributed by atoms with E-state index in [0.29, 0.717) is 5.92 Å². The minimum absolute atomic E-state index is 0.569. The SMILES string of the molecule is C=C(C)c1sccc1C1=C(C)CCC(C)=C1c1ccc(C(C)C)cc1. The molecule has 0 nitrogen and oxygen atoms in total. The molecule has 1 heterocycles. The summed E-state index contributed by atoms with van der Waals surface area (Å²) in [5, 5.41) is 2.20. The van der Waals surface area contributed by atoms with E-state index in [-0.39, 0.29) is 0 Å². The summed E-state index contributed by atoms with van der Waals surface area (Å²) in [6.07, 6.45) is 2.31. The van der Waals surface area contributed by atoms with Crippen molar-refractivity contribution in [2.75, 3.05) is 0 Å². The van der Waals surface area contributed by atoms with Crippen molar-refractivity contribution in [2.24, 2.45) is 0 Å². The van der Waals surface area contributed by atoms with Gasteiger partial charge in [-0.25, -0.2) is 0 Å². The van der Waals surface area contributed by atoms with Crippen molar-refractivity contribution >= 4 is 28.1 Å². The Labute approximate surface area is 156 Å². The van der Waals surface area contributed by atoms with E-state index >= 15 is 0 Å². The molecule has 0 unspecified atom stereocenters. The van der Waals surface area contributed by atoms with Gasteiger partial charge >= 0.3 is 0 Å². The number of hydrogen-bond acceptors (Lipinski definition) is 1. The second-order valence-corrected chi connectivity index (χ2v) is 8.45. The van der Waals surface area contributed by atoms with E-state index in [2.05, 4.69) is 76.9 Å². The normalized spacial score (nSPS) is 15.3. The predicted molar refractivity (Wildman–Crippen MR) is 114 cm³/mol. The molecule has 1 heteroatoms. The molecular formula is C24H28S. The maximum Gasteiger partial charge on any atom is 0.0372 e. The Morgan fingerprint density at radius 1 is 0.960 bits per heavy atom. The van der Waals surface area contributed by atoms with E-state index in [1.807, 2.05) is 0 Å². The maximum absolute atomic E-state index is 4.20. The molecule has 1 aromatic carbocycles. The lowest BCUT2D eigenvalue weighted by molar-refractivity contribution is 0.866. The van der Waals surface area contributed by atoms with Crippen LogP contribution in [0.5, 0.6) is 0 Å². The van der Waals surface area contributed by atoms with Crippen molar-refractivity contribution in [1.29, 1.82) is 0 Å². The van der Waals surface area contributed by atoms with Gasteiger partial charge in [0.2, 0.25) is 0 Å². The topological polar surface area (TPSA) is 0 Å². The van der Waals surface area contributed by atoms with Crippen molar-refractivity contribution < 1.29 is 0 Å². The zero-order chi connectivity index (χ0) is 18.1. The molecule has 2 aromatic rings. The first-order valence-corrected chi connectivity index (χ1v) is 10.0. The molecule has 0 saturated carbocycles. The summed E-state index contributed by atoms with van der Waals surface area (Å²) in [5.41, 5.74) is 11.1. The third-order valence-corrected chi connectivity index (χ3v) is 6.24. The zero-order valence-corrected chi connectivity index (χ0v) is 16.9. The molecule has 1 aromatic heterocycles. The van der Waals surface area contributed by atoms with Gasteiger partial charge in [-0.3, -0.25) is 0 Å². The molecular weight excluding hydrogens is 320 g/mol. The van der Waals surface area contributed by atoms with E-state index < -0.39 is 0 Å². The van der Waals surface area contributed by atoms with Gasteiger partial charge < -0.3 is 0 Å². The Hall–Kier alpha value is -1.86. The molecule has 0 fully saturated rings. The van der Waals surface area contributed by atoms with Crippen LogP contribution in [0.3, 0.4) is 0 Å². The second-order valence-electron chi connectivity index (χ2n) is 7.53. The number of thiophene rings is 1. The molecule has 1 aliphatic carbocycles. The van der Waals surface area contributed by atoms with Crippen LogP contribution in [0, 0.1) is 0 Å². The zero-order valence-electron chi connectivity index (χ0n) is 16.1. The molecule has 0 amide bonds. The van der Waals surface area contributed by atoms with Gasteiger partial charge in [0, 0.05) is 10.4 Å². The fourth-order valence-electron chi connectivity index (χ4n) is 3.68. The molecule has 130 valence electrons. The van der Waals surface area contributed by atoms with Gasteiger partial charge in [-0.15, -0.1) is 11.3 Å². The predicted octanol–water partition coefficient (Wildman–Crippen LogP) is 7.95. The van der Waals surface area contributed by atoms with Crippen LogP contribution in [0.25, 0.3) is 16.7 Å². The van der Waals surface area contributed by atoms with E-state index in [9.17, 15) is 0 Å². The lowest BCUT2D eigenvalue weighted by Gasteiger charge is -2.25. The summed E-state index contributed by atoms with van der Waals surface area (Å²) in [5.74, 6) is 0.569. The maximum atomic E-state index is 4.20. The molecule has 0 radical (unpaired) electrons. The quantitative estimate of drug-likeness (QED) is 0.526. The highest BCUT2D eigenvalue weighted by atomic mass is 32.1. The lowest BCUT2D eigenvalue weighted by atomic mass is 9.79. The van der Waals surface area contributed by atoms with Crippen molar-refractivity contribution in [3.05, 3.63) is 75.0 Å². The first kappa shape index (κ1) is 17.9. The van der Waals surface area contributed by atoms with Gasteiger partial charge in [-0.1, -0.05) is 55.8 Å². The molecule has 25 heavy (non-hydrogen) atoms. The van der Waals surface area contributed by atoms with Gasteiger partial charge in [-0.2, -0.15) is 0 Å². The highest BCUT2D eigenvalue weighted by Crippen LogP contribution is 2.45. The van der Waals surface area contributed by atoms with E-state index in [1.54, 1.807) is 11.3 Å². The van der Waals surface area contributed by atoms with E-state index in [4.69, 9.17) is 0 Å². The van der Waals surface area contributed by atoms with Crippen LogP contribution < -0.4 is 0 Å². The summed E-state index contributed by atoms with van der Waals surface area (Å²) in [6, 6.07) is 11.5. The van der Waals surface area contributed by atoms with Gasteiger partial charge in [-0.05, 0) is 78.8 Å². The fraction of sp³-hybridized carbons (Fsp3) is 0.333. The van der Waals surface area contributed by atoms with Crippen molar-refractivity contribution in [1.82, 2.24) is 0 Å². The highest BCUT2D eigenvalue weighted by molar-refractivity contribution is 7.11. The minimum atomic E-state index is 0.569. The number of allylic oxidation sites excluding steroid dienone is 5. The van der Waals surface area contributed by atoms with Crippen LogP contribution >= 0.6 is 11.3 Å². The Morgan fingerprint density at radius 2 is 1.56 bits per heavy atom. The fourth-order valence-corrected chi connectivity index (χ4v) is 4.52. The Bertz CT molecular complexity index is 854. The third-order valence-electron chi connectivity index (χ3n) is 5.17. The first-order valence-electron chi connectivity index (χ1n) is 9.14. The van der Waals surface area contributed by atoms with Crippen molar-refractivity contribution in [2.45, 2.75) is 53.4 Å².